The van der Waals surface area contributed by atoms with Gasteiger partial charge in [-0.3, -0.25) is 4.79 Å². The quantitative estimate of drug-likeness (QED) is 0.688. The van der Waals surface area contributed by atoms with E-state index in [1.807, 2.05) is 49.9 Å². The average molecular weight is 363 g/mol. The molecule has 1 unspecified atom stereocenters. The molecule has 0 spiro atoms. The van der Waals surface area contributed by atoms with Gasteiger partial charge in [0.2, 0.25) is 0 Å². The van der Waals surface area contributed by atoms with Crippen LogP contribution < -0.4 is 0 Å². The summed E-state index contributed by atoms with van der Waals surface area (Å²) < 4.78 is 0.0934. The highest BCUT2D eigenvalue weighted by Crippen LogP contribution is 2.52. The number of hydrogen-bond donors (Lipinski definition) is 0. The van der Waals surface area contributed by atoms with Gasteiger partial charge in [0.15, 0.2) is 5.17 Å². The molecule has 1 atom stereocenters. The molecule has 4 heteroatoms. The molecule has 2 rings (SSSR count). The van der Waals surface area contributed by atoms with E-state index in [0.717, 1.165) is 16.4 Å². The monoisotopic (exact) mass is 362 g/mol. The maximum atomic E-state index is 11.5. The van der Waals surface area contributed by atoms with Crippen molar-refractivity contribution in [2.45, 2.75) is 72.1 Å². The Morgan fingerprint density at radius 3 is 2.24 bits per heavy atom. The van der Waals surface area contributed by atoms with Crippen LogP contribution in [0.1, 0.15) is 61.0 Å². The molecular weight excluding hydrogens is 328 g/mol. The van der Waals surface area contributed by atoms with Crippen LogP contribution in [0.15, 0.2) is 29.3 Å². The van der Waals surface area contributed by atoms with Gasteiger partial charge in [-0.2, -0.15) is 0 Å². The van der Waals surface area contributed by atoms with Crippen molar-refractivity contribution in [2.75, 3.05) is 7.05 Å². The predicted octanol–water partition coefficient (Wildman–Crippen LogP) is 5.70. The van der Waals surface area contributed by atoms with Crippen LogP contribution in [0.25, 0.3) is 0 Å². The van der Waals surface area contributed by atoms with Crippen LogP contribution in [0.5, 0.6) is 0 Å². The molecule has 1 aliphatic rings. The molecular formula is C21H34N2OS. The molecule has 1 aromatic carbocycles. The summed E-state index contributed by atoms with van der Waals surface area (Å²) in [5.41, 5.74) is 1.92. The number of benzene rings is 1. The van der Waals surface area contributed by atoms with Crippen LogP contribution >= 0.6 is 11.8 Å². The molecule has 0 aromatic heterocycles. The highest BCUT2D eigenvalue weighted by atomic mass is 32.2. The van der Waals surface area contributed by atoms with Gasteiger partial charge < -0.3 is 4.90 Å². The van der Waals surface area contributed by atoms with Crippen LogP contribution in [0, 0.1) is 5.92 Å². The lowest BCUT2D eigenvalue weighted by Gasteiger charge is -2.43. The molecule has 0 bridgehead atoms. The van der Waals surface area contributed by atoms with Crippen molar-refractivity contribution in [1.29, 1.82) is 0 Å². The Hall–Kier alpha value is -1.29. The van der Waals surface area contributed by atoms with E-state index in [4.69, 9.17) is 4.99 Å². The van der Waals surface area contributed by atoms with Crippen LogP contribution in [-0.4, -0.2) is 33.2 Å². The smallest absolute Gasteiger partial charge is 0.165 e. The Morgan fingerprint density at radius 2 is 1.76 bits per heavy atom. The van der Waals surface area contributed by atoms with Gasteiger partial charge in [-0.05, 0) is 45.2 Å². The largest absolute Gasteiger partial charge is 0.348 e. The Morgan fingerprint density at radius 1 is 1.20 bits per heavy atom. The minimum absolute atomic E-state index is 0.0141. The van der Waals surface area contributed by atoms with E-state index in [2.05, 4.69) is 46.6 Å². The average Bonchev–Trinajstić information content (AvgIpc) is 2.72. The number of rotatable bonds is 4. The first-order valence-electron chi connectivity index (χ1n) is 9.18. The van der Waals surface area contributed by atoms with Crippen molar-refractivity contribution in [3.05, 3.63) is 29.8 Å². The normalized spacial score (nSPS) is 23.6. The lowest BCUT2D eigenvalue weighted by Crippen LogP contribution is -2.52. The second kappa shape index (κ2) is 8.39. The van der Waals surface area contributed by atoms with Crippen LogP contribution in [-0.2, 0) is 11.2 Å². The van der Waals surface area contributed by atoms with Crippen molar-refractivity contribution in [2.24, 2.45) is 10.9 Å². The molecule has 1 heterocycles. The lowest BCUT2D eigenvalue weighted by molar-refractivity contribution is -0.116. The topological polar surface area (TPSA) is 32.7 Å². The molecule has 140 valence electrons. The fraction of sp³-hybridized carbons (Fsp3) is 0.619. The van der Waals surface area contributed by atoms with Gasteiger partial charge in [0.1, 0.15) is 5.78 Å². The van der Waals surface area contributed by atoms with Crippen molar-refractivity contribution >= 4 is 28.4 Å². The van der Waals surface area contributed by atoms with Gasteiger partial charge in [0.25, 0.3) is 0 Å². The summed E-state index contributed by atoms with van der Waals surface area (Å²) in [5.74, 6) is 0.697. The number of carbonyl (C=O) groups is 1. The third kappa shape index (κ3) is 4.28. The summed E-state index contributed by atoms with van der Waals surface area (Å²) >= 11 is 1.85. The van der Waals surface area contributed by atoms with Crippen LogP contribution in [0.4, 0.5) is 5.69 Å². The van der Waals surface area contributed by atoms with Crippen LogP contribution in [0.3, 0.4) is 0 Å². The minimum atomic E-state index is 0.0141. The molecule has 1 aromatic rings. The number of carbonyl (C=O) groups excluding carboxylic acids is 1. The molecule has 0 radical (unpaired) electrons. The van der Waals surface area contributed by atoms with Gasteiger partial charge in [-0.1, -0.05) is 57.7 Å². The Balaban J connectivity index is 0.00000151. The van der Waals surface area contributed by atoms with E-state index in [-0.39, 0.29) is 16.1 Å². The molecule has 0 saturated carbocycles. The first-order valence-corrected chi connectivity index (χ1v) is 10.00. The summed E-state index contributed by atoms with van der Waals surface area (Å²) in [6.45, 7) is 17.1. The van der Waals surface area contributed by atoms with Crippen molar-refractivity contribution in [3.63, 3.8) is 0 Å². The molecule has 0 aliphatic carbocycles. The zero-order valence-electron chi connectivity index (χ0n) is 17.3. The number of nitrogens with zero attached hydrogens (tertiary/aromatic N) is 2. The van der Waals surface area contributed by atoms with Gasteiger partial charge in [-0.15, -0.1) is 0 Å². The van der Waals surface area contributed by atoms with E-state index in [1.165, 1.54) is 0 Å². The number of Topliss-reactive ketones (excluding diaryl/α,β-unsaturated/α-hetero) is 1. The fourth-order valence-electron chi connectivity index (χ4n) is 3.02. The van der Waals surface area contributed by atoms with E-state index in [0.29, 0.717) is 12.3 Å². The first kappa shape index (κ1) is 21.8. The predicted molar refractivity (Wildman–Crippen MR) is 112 cm³/mol. The summed E-state index contributed by atoms with van der Waals surface area (Å²) in [5, 5.41) is 1.03. The molecule has 0 amide bonds. The van der Waals surface area contributed by atoms with Gasteiger partial charge >= 0.3 is 0 Å². The van der Waals surface area contributed by atoms with Crippen molar-refractivity contribution in [1.82, 2.24) is 4.90 Å². The number of amidine groups is 1. The molecule has 0 N–H and O–H groups in total. The van der Waals surface area contributed by atoms with Gasteiger partial charge in [-0.25, -0.2) is 4.99 Å². The third-order valence-electron chi connectivity index (χ3n) is 5.39. The Labute approximate surface area is 158 Å². The van der Waals surface area contributed by atoms with Crippen molar-refractivity contribution in [3.8, 4) is 0 Å². The highest BCUT2D eigenvalue weighted by molar-refractivity contribution is 8.15. The standard InChI is InChI=1S/C19H28N2OS.C2H6/c1-13(2)19(6)18(4,5)21(7)17(23-19)20-16-11-9-8-10-15(16)12-14(3)22;1-2/h8-11,13H,12H2,1-7H3;1-2H3. The summed E-state index contributed by atoms with van der Waals surface area (Å²) in [7, 11) is 2.12. The first-order chi connectivity index (χ1) is 11.6. The number of aliphatic imine (C=N–C) groups is 1. The minimum Gasteiger partial charge on any atom is -0.348 e. The second-order valence-electron chi connectivity index (χ2n) is 7.38. The molecule has 1 fully saturated rings. The third-order valence-corrected chi connectivity index (χ3v) is 7.34. The zero-order valence-corrected chi connectivity index (χ0v) is 18.1. The van der Waals surface area contributed by atoms with Gasteiger partial charge in [0, 0.05) is 18.2 Å². The number of para-hydroxylation sites is 1. The fourth-order valence-corrected chi connectivity index (χ4v) is 4.53. The highest BCUT2D eigenvalue weighted by Gasteiger charge is 2.54. The molecule has 25 heavy (non-hydrogen) atoms. The summed E-state index contributed by atoms with van der Waals surface area (Å²) in [6.07, 6.45) is 0.437. The number of hydrogen-bond acceptors (Lipinski definition) is 3. The maximum absolute atomic E-state index is 11.5. The summed E-state index contributed by atoms with van der Waals surface area (Å²) in [4.78, 5) is 18.7. The molecule has 3 nitrogen and oxygen atoms in total. The van der Waals surface area contributed by atoms with E-state index in [1.54, 1.807) is 6.92 Å². The van der Waals surface area contributed by atoms with E-state index in [9.17, 15) is 4.79 Å². The number of ketones is 1. The summed E-state index contributed by atoms with van der Waals surface area (Å²) in [6, 6.07) is 7.94. The van der Waals surface area contributed by atoms with E-state index >= 15 is 0 Å². The zero-order chi connectivity index (χ0) is 19.4. The lowest BCUT2D eigenvalue weighted by atomic mass is 9.79. The van der Waals surface area contributed by atoms with Gasteiger partial charge in [0.05, 0.1) is 11.2 Å². The van der Waals surface area contributed by atoms with Crippen molar-refractivity contribution < 1.29 is 4.79 Å². The Bertz CT molecular complexity index is 637. The van der Waals surface area contributed by atoms with Crippen LogP contribution in [0.2, 0.25) is 0 Å². The SMILES string of the molecule is CC.CC(=O)Cc1ccccc1N=C1SC(C)(C(C)C)C(C)(C)N1C. The maximum Gasteiger partial charge on any atom is 0.165 e. The number of thioether (sulfide) groups is 1. The molecule has 1 saturated heterocycles. The Kier molecular flexibility index (Phi) is 7.30. The second-order valence-corrected chi connectivity index (χ2v) is 8.80. The molecule has 1 aliphatic heterocycles. The van der Waals surface area contributed by atoms with E-state index < -0.39 is 0 Å².